The van der Waals surface area contributed by atoms with Gasteiger partial charge in [-0.25, -0.2) is 0 Å². The summed E-state index contributed by atoms with van der Waals surface area (Å²) in [5.41, 5.74) is 0. The summed E-state index contributed by atoms with van der Waals surface area (Å²) < 4.78 is 0.614. The lowest BCUT2D eigenvalue weighted by atomic mass is 10.2. The molecule has 8 nitrogen and oxygen atoms in total. The molecule has 118 valence electrons. The highest BCUT2D eigenvalue weighted by Gasteiger charge is 2.13. The number of aromatic nitrogens is 4. The number of hydrogen-bond donors (Lipinski definition) is 2. The van der Waals surface area contributed by atoms with Crippen molar-refractivity contribution in [1.29, 1.82) is 0 Å². The molecule has 2 heterocycles. The average molecular weight is 358 g/mol. The van der Waals surface area contributed by atoms with E-state index >= 15 is 0 Å². The molecule has 2 rings (SSSR count). The van der Waals surface area contributed by atoms with E-state index in [9.17, 15) is 9.59 Å². The van der Waals surface area contributed by atoms with E-state index in [2.05, 4.69) is 31.0 Å². The highest BCUT2D eigenvalue weighted by Crippen LogP contribution is 2.26. The molecule has 0 aromatic carbocycles. The molecule has 0 bridgehead atoms. The van der Waals surface area contributed by atoms with Crippen LogP contribution in [0.5, 0.6) is 0 Å². The quantitative estimate of drug-likeness (QED) is 0.600. The molecule has 22 heavy (non-hydrogen) atoms. The Labute approximate surface area is 139 Å². The number of nitrogens with one attached hydrogen (secondary N) is 2. The third kappa shape index (κ3) is 5.00. The molecule has 0 unspecified atom stereocenters. The van der Waals surface area contributed by atoms with Crippen molar-refractivity contribution in [2.75, 3.05) is 16.4 Å². The number of nitrogens with zero attached hydrogens (tertiary/aromatic N) is 4. The number of carbonyl (C=O) groups excluding carboxylic acids is 2. The number of amides is 2. The van der Waals surface area contributed by atoms with Crippen LogP contribution in [-0.4, -0.2) is 38.0 Å². The smallest absolute Gasteiger partial charge is 0.236 e. The standard InChI is InChI=1S/C11H14N6O2S3/c1-5(2)8(19)13-10-16-17-11(22-10)20-4-7(18)12-9-15-14-6(3)21-9/h5H,4H2,1-3H3,(H,12,15,18)(H,13,16,19). The number of anilines is 2. The van der Waals surface area contributed by atoms with Crippen LogP contribution in [0.15, 0.2) is 4.34 Å². The van der Waals surface area contributed by atoms with Gasteiger partial charge in [0, 0.05) is 5.92 Å². The predicted octanol–water partition coefficient (Wildman–Crippen LogP) is 2.02. The Bertz CT molecular complexity index is 668. The zero-order chi connectivity index (χ0) is 16.1. The van der Waals surface area contributed by atoms with E-state index in [1.807, 2.05) is 6.92 Å². The Morgan fingerprint density at radius 2 is 1.77 bits per heavy atom. The van der Waals surface area contributed by atoms with Gasteiger partial charge in [0.05, 0.1) is 5.75 Å². The lowest BCUT2D eigenvalue weighted by Gasteiger charge is -2.02. The van der Waals surface area contributed by atoms with Gasteiger partial charge in [0.15, 0.2) is 4.34 Å². The summed E-state index contributed by atoms with van der Waals surface area (Å²) in [5.74, 6) is -0.242. The highest BCUT2D eigenvalue weighted by molar-refractivity contribution is 8.01. The minimum absolute atomic E-state index is 0.114. The zero-order valence-electron chi connectivity index (χ0n) is 12.1. The SMILES string of the molecule is Cc1nnc(NC(=O)CSc2nnc(NC(=O)C(C)C)s2)s1. The van der Waals surface area contributed by atoms with Crippen molar-refractivity contribution < 1.29 is 9.59 Å². The summed E-state index contributed by atoms with van der Waals surface area (Å²) in [7, 11) is 0. The van der Waals surface area contributed by atoms with Crippen LogP contribution in [0.25, 0.3) is 0 Å². The van der Waals surface area contributed by atoms with Crippen LogP contribution in [0.1, 0.15) is 18.9 Å². The molecule has 0 atom stereocenters. The van der Waals surface area contributed by atoms with Crippen molar-refractivity contribution in [2.45, 2.75) is 25.1 Å². The second kappa shape index (κ2) is 7.61. The normalized spacial score (nSPS) is 10.7. The van der Waals surface area contributed by atoms with Crippen LogP contribution in [0.3, 0.4) is 0 Å². The third-order valence-electron chi connectivity index (χ3n) is 2.26. The van der Waals surface area contributed by atoms with Crippen molar-refractivity contribution in [3.63, 3.8) is 0 Å². The first-order valence-electron chi connectivity index (χ1n) is 6.31. The summed E-state index contributed by atoms with van der Waals surface area (Å²) in [5, 5.41) is 22.5. The van der Waals surface area contributed by atoms with Gasteiger partial charge in [-0.2, -0.15) is 0 Å². The number of hydrogen-bond acceptors (Lipinski definition) is 9. The Hall–Kier alpha value is -1.59. The lowest BCUT2D eigenvalue weighted by molar-refractivity contribution is -0.119. The van der Waals surface area contributed by atoms with E-state index in [0.29, 0.717) is 14.6 Å². The molecule has 0 aliphatic carbocycles. The van der Waals surface area contributed by atoms with Crippen molar-refractivity contribution in [3.05, 3.63) is 5.01 Å². The number of thioether (sulfide) groups is 1. The van der Waals surface area contributed by atoms with Crippen LogP contribution < -0.4 is 10.6 Å². The van der Waals surface area contributed by atoms with E-state index in [4.69, 9.17) is 0 Å². The molecule has 0 saturated carbocycles. The monoisotopic (exact) mass is 358 g/mol. The number of rotatable bonds is 6. The van der Waals surface area contributed by atoms with Crippen molar-refractivity contribution in [3.8, 4) is 0 Å². The molecule has 2 aromatic heterocycles. The summed E-state index contributed by atoms with van der Waals surface area (Å²) >= 11 is 3.80. The predicted molar refractivity (Wildman–Crippen MR) is 87.4 cm³/mol. The number of aryl methyl sites for hydroxylation is 1. The van der Waals surface area contributed by atoms with E-state index in [0.717, 1.165) is 5.01 Å². The maximum Gasteiger partial charge on any atom is 0.236 e. The second-order valence-electron chi connectivity index (χ2n) is 4.48. The molecule has 2 N–H and O–H groups in total. The van der Waals surface area contributed by atoms with Crippen LogP contribution in [0.2, 0.25) is 0 Å². The van der Waals surface area contributed by atoms with Crippen LogP contribution >= 0.6 is 34.4 Å². The van der Waals surface area contributed by atoms with Gasteiger partial charge in [0.1, 0.15) is 5.01 Å². The molecule has 2 amide bonds. The van der Waals surface area contributed by atoms with Crippen molar-refractivity contribution >= 4 is 56.5 Å². The van der Waals surface area contributed by atoms with E-state index in [-0.39, 0.29) is 23.5 Å². The Balaban J connectivity index is 1.80. The number of carbonyl (C=O) groups is 2. The molecule has 11 heteroatoms. The molecular formula is C11H14N6O2S3. The van der Waals surface area contributed by atoms with E-state index < -0.39 is 0 Å². The fourth-order valence-electron chi connectivity index (χ4n) is 1.20. The summed E-state index contributed by atoms with van der Waals surface area (Å²) in [6.45, 7) is 5.41. The van der Waals surface area contributed by atoms with Gasteiger partial charge in [0.25, 0.3) is 0 Å². The van der Waals surface area contributed by atoms with Crippen LogP contribution in [-0.2, 0) is 9.59 Å². The van der Waals surface area contributed by atoms with Gasteiger partial charge in [0.2, 0.25) is 22.1 Å². The molecule has 0 radical (unpaired) electrons. The van der Waals surface area contributed by atoms with Gasteiger partial charge in [-0.05, 0) is 6.92 Å². The molecule has 0 aliphatic heterocycles. The topological polar surface area (TPSA) is 110 Å². The Kier molecular flexibility index (Phi) is 5.80. The Morgan fingerprint density at radius 3 is 2.41 bits per heavy atom. The maximum absolute atomic E-state index is 11.8. The van der Waals surface area contributed by atoms with Gasteiger partial charge >= 0.3 is 0 Å². The highest BCUT2D eigenvalue weighted by atomic mass is 32.2. The van der Waals surface area contributed by atoms with Crippen LogP contribution in [0, 0.1) is 12.8 Å². The zero-order valence-corrected chi connectivity index (χ0v) is 14.6. The maximum atomic E-state index is 11.8. The minimum Gasteiger partial charge on any atom is -0.300 e. The summed E-state index contributed by atoms with van der Waals surface area (Å²) in [6.07, 6.45) is 0. The molecule has 0 spiro atoms. The van der Waals surface area contributed by atoms with Gasteiger partial charge < -0.3 is 5.32 Å². The second-order valence-corrected chi connectivity index (χ2v) is 7.86. The molecule has 0 saturated heterocycles. The molecule has 0 aliphatic rings. The van der Waals surface area contributed by atoms with Crippen molar-refractivity contribution in [2.24, 2.45) is 5.92 Å². The summed E-state index contributed by atoms with van der Waals surface area (Å²) in [4.78, 5) is 23.3. The molecule has 0 fully saturated rings. The molecular weight excluding hydrogens is 344 g/mol. The minimum atomic E-state index is -0.191. The lowest BCUT2D eigenvalue weighted by Crippen LogP contribution is -2.17. The van der Waals surface area contributed by atoms with E-state index in [1.54, 1.807) is 13.8 Å². The molecule has 2 aromatic rings. The Morgan fingerprint density at radius 1 is 1.09 bits per heavy atom. The van der Waals surface area contributed by atoms with Gasteiger partial charge in [-0.15, -0.1) is 20.4 Å². The fourth-order valence-corrected chi connectivity index (χ4v) is 3.36. The first kappa shape index (κ1) is 16.8. The van der Waals surface area contributed by atoms with Crippen LogP contribution in [0.4, 0.5) is 10.3 Å². The third-order valence-corrected chi connectivity index (χ3v) is 4.99. The fraction of sp³-hybridized carbons (Fsp3) is 0.455. The first-order chi connectivity index (χ1) is 10.4. The van der Waals surface area contributed by atoms with Gasteiger partial charge in [-0.1, -0.05) is 48.3 Å². The first-order valence-corrected chi connectivity index (χ1v) is 8.93. The van der Waals surface area contributed by atoms with Gasteiger partial charge in [-0.3, -0.25) is 14.9 Å². The van der Waals surface area contributed by atoms with Crippen molar-refractivity contribution in [1.82, 2.24) is 20.4 Å². The largest absolute Gasteiger partial charge is 0.300 e. The van der Waals surface area contributed by atoms with E-state index in [1.165, 1.54) is 34.4 Å². The average Bonchev–Trinajstić information content (AvgIpc) is 3.06. The summed E-state index contributed by atoms with van der Waals surface area (Å²) in [6, 6.07) is 0.